The van der Waals surface area contributed by atoms with E-state index in [9.17, 15) is 4.79 Å². The van der Waals surface area contributed by atoms with E-state index in [1.165, 1.54) is 0 Å². The van der Waals surface area contributed by atoms with Gasteiger partial charge in [0.15, 0.2) is 0 Å². The van der Waals surface area contributed by atoms with E-state index in [0.29, 0.717) is 5.92 Å². The van der Waals surface area contributed by atoms with Gasteiger partial charge in [0.05, 0.1) is 0 Å². The van der Waals surface area contributed by atoms with Gasteiger partial charge in [-0.1, -0.05) is 47.5 Å². The second-order valence-corrected chi connectivity index (χ2v) is 6.10. The van der Waals surface area contributed by atoms with Crippen LogP contribution in [-0.2, 0) is 5.41 Å². The molecule has 1 atom stereocenters. The number of amides is 1. The Hall–Kier alpha value is -1.39. The van der Waals surface area contributed by atoms with Crippen molar-refractivity contribution in [3.8, 4) is 0 Å². The molecule has 0 saturated carbocycles. The summed E-state index contributed by atoms with van der Waals surface area (Å²) in [5.74, 6) is 1.24. The highest BCUT2D eigenvalue weighted by Crippen LogP contribution is 2.17. The Labute approximate surface area is 115 Å². The van der Waals surface area contributed by atoms with E-state index in [0.717, 1.165) is 18.7 Å². The van der Waals surface area contributed by atoms with Gasteiger partial charge in [0, 0.05) is 11.5 Å². The van der Waals surface area contributed by atoms with E-state index in [1.54, 1.807) is 0 Å². The van der Waals surface area contributed by atoms with Crippen LogP contribution in [0.4, 0.5) is 0 Å². The Morgan fingerprint density at radius 3 is 2.32 bits per heavy atom. The number of rotatable bonds is 5. The van der Waals surface area contributed by atoms with Crippen molar-refractivity contribution >= 4 is 5.91 Å². The second kappa shape index (κ2) is 6.17. The average molecular weight is 266 g/mol. The standard InChI is InChI=1S/C14H26N4O/c1-7-10(8-2)9(3)15-12(19)11-16-13(18-17-11)14(4,5)6/h9-10H,7-8H2,1-6H3,(H,15,19)(H,16,17,18). The van der Waals surface area contributed by atoms with Crippen LogP contribution in [-0.4, -0.2) is 27.1 Å². The number of nitrogens with one attached hydrogen (secondary N) is 2. The van der Waals surface area contributed by atoms with Crippen LogP contribution >= 0.6 is 0 Å². The lowest BCUT2D eigenvalue weighted by atomic mass is 9.95. The lowest BCUT2D eigenvalue weighted by Gasteiger charge is -2.21. The number of aromatic nitrogens is 3. The van der Waals surface area contributed by atoms with E-state index in [2.05, 4.69) is 34.3 Å². The Kier molecular flexibility index (Phi) is 5.09. The molecule has 0 aliphatic heterocycles. The molecular formula is C14H26N4O. The van der Waals surface area contributed by atoms with E-state index < -0.39 is 0 Å². The molecule has 0 spiro atoms. The highest BCUT2D eigenvalue weighted by atomic mass is 16.2. The van der Waals surface area contributed by atoms with Crippen molar-refractivity contribution in [1.82, 2.24) is 20.5 Å². The molecule has 0 aliphatic carbocycles. The summed E-state index contributed by atoms with van der Waals surface area (Å²) in [6, 6.07) is 0.138. The summed E-state index contributed by atoms with van der Waals surface area (Å²) in [5, 5.41) is 9.81. The zero-order valence-electron chi connectivity index (χ0n) is 12.9. The first-order valence-corrected chi connectivity index (χ1v) is 7.03. The first kappa shape index (κ1) is 15.7. The summed E-state index contributed by atoms with van der Waals surface area (Å²) in [4.78, 5) is 16.3. The fourth-order valence-electron chi connectivity index (χ4n) is 2.08. The number of carbonyl (C=O) groups excluding carboxylic acids is 1. The molecule has 0 bridgehead atoms. The largest absolute Gasteiger partial charge is 0.347 e. The third kappa shape index (κ3) is 4.04. The zero-order valence-corrected chi connectivity index (χ0v) is 12.9. The van der Waals surface area contributed by atoms with Gasteiger partial charge in [-0.25, -0.2) is 4.98 Å². The van der Waals surface area contributed by atoms with Crippen molar-refractivity contribution < 1.29 is 4.79 Å². The van der Waals surface area contributed by atoms with Crippen molar-refractivity contribution in [2.24, 2.45) is 5.92 Å². The SMILES string of the molecule is CCC(CC)C(C)NC(=O)c1n[nH]c(C(C)(C)C)n1. The number of nitrogens with zero attached hydrogens (tertiary/aromatic N) is 2. The lowest BCUT2D eigenvalue weighted by Crippen LogP contribution is -2.38. The van der Waals surface area contributed by atoms with Crippen LogP contribution in [0.2, 0.25) is 0 Å². The topological polar surface area (TPSA) is 70.7 Å². The van der Waals surface area contributed by atoms with Gasteiger partial charge in [0.1, 0.15) is 5.82 Å². The van der Waals surface area contributed by atoms with Crippen molar-refractivity contribution in [2.45, 2.75) is 65.8 Å². The van der Waals surface area contributed by atoms with Gasteiger partial charge in [0.2, 0.25) is 5.82 Å². The Morgan fingerprint density at radius 1 is 1.32 bits per heavy atom. The van der Waals surface area contributed by atoms with E-state index in [4.69, 9.17) is 0 Å². The molecule has 2 N–H and O–H groups in total. The van der Waals surface area contributed by atoms with Gasteiger partial charge in [-0.15, -0.1) is 5.10 Å². The Morgan fingerprint density at radius 2 is 1.89 bits per heavy atom. The summed E-state index contributed by atoms with van der Waals surface area (Å²) in [5.41, 5.74) is -0.132. The van der Waals surface area contributed by atoms with Crippen LogP contribution in [0.25, 0.3) is 0 Å². The minimum atomic E-state index is -0.203. The van der Waals surface area contributed by atoms with Crippen LogP contribution < -0.4 is 5.32 Å². The van der Waals surface area contributed by atoms with Gasteiger partial charge < -0.3 is 5.32 Å². The molecule has 0 aliphatic rings. The molecular weight excluding hydrogens is 240 g/mol. The van der Waals surface area contributed by atoms with Crippen LogP contribution in [0.3, 0.4) is 0 Å². The average Bonchev–Trinajstić information content (AvgIpc) is 2.79. The summed E-state index contributed by atoms with van der Waals surface area (Å²) in [6.45, 7) is 12.4. The van der Waals surface area contributed by atoms with E-state index in [-0.39, 0.29) is 23.2 Å². The molecule has 5 heteroatoms. The molecule has 0 fully saturated rings. The number of aromatic amines is 1. The predicted octanol–water partition coefficient (Wildman–Crippen LogP) is 2.66. The molecule has 1 unspecified atom stereocenters. The molecule has 0 radical (unpaired) electrons. The molecule has 1 aromatic rings. The van der Waals surface area contributed by atoms with Crippen molar-refractivity contribution in [1.29, 1.82) is 0 Å². The molecule has 19 heavy (non-hydrogen) atoms. The van der Waals surface area contributed by atoms with Crippen molar-refractivity contribution in [3.05, 3.63) is 11.6 Å². The fraction of sp³-hybridized carbons (Fsp3) is 0.786. The maximum Gasteiger partial charge on any atom is 0.291 e. The highest BCUT2D eigenvalue weighted by molar-refractivity contribution is 5.90. The first-order valence-electron chi connectivity index (χ1n) is 7.03. The third-order valence-electron chi connectivity index (χ3n) is 3.51. The number of carbonyl (C=O) groups is 1. The molecule has 5 nitrogen and oxygen atoms in total. The number of hydrogen-bond donors (Lipinski definition) is 2. The summed E-state index contributed by atoms with van der Waals surface area (Å²) in [6.07, 6.45) is 2.11. The van der Waals surface area contributed by atoms with Crippen molar-refractivity contribution in [3.63, 3.8) is 0 Å². The monoisotopic (exact) mass is 266 g/mol. The minimum absolute atomic E-state index is 0.132. The van der Waals surface area contributed by atoms with Crippen LogP contribution in [0.5, 0.6) is 0 Å². The van der Waals surface area contributed by atoms with Crippen LogP contribution in [0.1, 0.15) is 70.8 Å². The normalized spacial score (nSPS) is 13.6. The molecule has 1 aromatic heterocycles. The molecule has 1 heterocycles. The summed E-state index contributed by atoms with van der Waals surface area (Å²) in [7, 11) is 0. The first-order chi connectivity index (χ1) is 8.79. The van der Waals surface area contributed by atoms with E-state index >= 15 is 0 Å². The molecule has 0 saturated heterocycles. The summed E-state index contributed by atoms with van der Waals surface area (Å²) < 4.78 is 0. The quantitative estimate of drug-likeness (QED) is 0.860. The van der Waals surface area contributed by atoms with Crippen LogP contribution in [0, 0.1) is 5.92 Å². The van der Waals surface area contributed by atoms with Gasteiger partial charge in [0.25, 0.3) is 5.91 Å². The van der Waals surface area contributed by atoms with E-state index in [1.807, 2.05) is 27.7 Å². The van der Waals surface area contributed by atoms with Crippen LogP contribution in [0.15, 0.2) is 0 Å². The van der Waals surface area contributed by atoms with Gasteiger partial charge in [-0.2, -0.15) is 0 Å². The Bertz CT molecular complexity index is 415. The zero-order chi connectivity index (χ0) is 14.6. The van der Waals surface area contributed by atoms with Gasteiger partial charge in [-0.3, -0.25) is 9.89 Å². The maximum atomic E-state index is 12.1. The lowest BCUT2D eigenvalue weighted by molar-refractivity contribution is 0.0915. The van der Waals surface area contributed by atoms with Gasteiger partial charge in [-0.05, 0) is 12.8 Å². The number of hydrogen-bond acceptors (Lipinski definition) is 3. The fourth-order valence-corrected chi connectivity index (χ4v) is 2.08. The maximum absolute atomic E-state index is 12.1. The van der Waals surface area contributed by atoms with Gasteiger partial charge >= 0.3 is 0 Å². The molecule has 108 valence electrons. The number of H-pyrrole nitrogens is 1. The highest BCUT2D eigenvalue weighted by Gasteiger charge is 2.23. The predicted molar refractivity (Wildman–Crippen MR) is 76.1 cm³/mol. The smallest absolute Gasteiger partial charge is 0.291 e. The molecule has 0 aromatic carbocycles. The molecule has 1 rings (SSSR count). The second-order valence-electron chi connectivity index (χ2n) is 6.10. The summed E-state index contributed by atoms with van der Waals surface area (Å²) >= 11 is 0. The Balaban J connectivity index is 2.71. The van der Waals surface area contributed by atoms with Crippen molar-refractivity contribution in [2.75, 3.05) is 0 Å². The minimum Gasteiger partial charge on any atom is -0.347 e. The molecule has 1 amide bonds. The third-order valence-corrected chi connectivity index (χ3v) is 3.51.